The third-order valence-electron chi connectivity index (χ3n) is 2.76. The molecule has 2 nitrogen and oxygen atoms in total. The summed E-state index contributed by atoms with van der Waals surface area (Å²) in [6, 6.07) is 5.10. The van der Waals surface area contributed by atoms with Crippen LogP contribution in [0, 0.1) is 5.82 Å². The number of benzene rings is 1. The van der Waals surface area contributed by atoms with Gasteiger partial charge in [0, 0.05) is 0 Å². The number of hydrogen-bond acceptors (Lipinski definition) is 1. The molecule has 1 aliphatic carbocycles. The van der Waals surface area contributed by atoms with Crippen molar-refractivity contribution in [3.63, 3.8) is 0 Å². The number of alkyl halides is 3. The average molecular weight is 247 g/mol. The molecule has 1 fully saturated rings. The number of hydrogen-bond donors (Lipinski definition) is 1. The summed E-state index contributed by atoms with van der Waals surface area (Å²) in [7, 11) is 0. The molecule has 0 atom stereocenters. The van der Waals surface area contributed by atoms with Crippen LogP contribution in [0.2, 0.25) is 0 Å². The Labute approximate surface area is 94.6 Å². The van der Waals surface area contributed by atoms with Crippen molar-refractivity contribution in [2.75, 3.05) is 0 Å². The van der Waals surface area contributed by atoms with Crippen molar-refractivity contribution in [2.24, 2.45) is 0 Å². The van der Waals surface area contributed by atoms with Gasteiger partial charge in [0.25, 0.3) is 0 Å². The first-order chi connectivity index (χ1) is 7.83. The lowest BCUT2D eigenvalue weighted by Crippen LogP contribution is -2.43. The molecule has 2 rings (SSSR count). The quantitative estimate of drug-likeness (QED) is 0.799. The molecule has 0 heterocycles. The van der Waals surface area contributed by atoms with Gasteiger partial charge in [-0.05, 0) is 30.5 Å². The third kappa shape index (κ3) is 2.40. The number of amides is 1. The van der Waals surface area contributed by atoms with Crippen molar-refractivity contribution in [1.29, 1.82) is 0 Å². The second kappa shape index (κ2) is 3.72. The topological polar surface area (TPSA) is 29.1 Å². The predicted octanol–water partition coefficient (Wildman–Crippen LogP) is 2.49. The van der Waals surface area contributed by atoms with Gasteiger partial charge in [0.05, 0.1) is 5.54 Å². The summed E-state index contributed by atoms with van der Waals surface area (Å²) in [5.74, 6) is -2.42. The molecule has 1 aromatic carbocycles. The zero-order chi connectivity index (χ0) is 12.7. The standard InChI is InChI=1S/C11H9F4NO/c12-8-3-1-7(2-4-8)10(5-6-10)16-9(17)11(13,14)15/h1-4H,5-6H2,(H,16,17). The van der Waals surface area contributed by atoms with Crippen LogP contribution in [-0.2, 0) is 10.3 Å². The molecule has 1 aliphatic rings. The summed E-state index contributed by atoms with van der Waals surface area (Å²) >= 11 is 0. The Hall–Kier alpha value is -1.59. The minimum Gasteiger partial charge on any atom is -0.339 e. The van der Waals surface area contributed by atoms with Crippen LogP contribution in [0.3, 0.4) is 0 Å². The molecule has 17 heavy (non-hydrogen) atoms. The van der Waals surface area contributed by atoms with Crippen LogP contribution in [0.25, 0.3) is 0 Å². The Kier molecular flexibility index (Phi) is 2.60. The Balaban J connectivity index is 2.15. The molecule has 1 aromatic rings. The molecular weight excluding hydrogens is 238 g/mol. The van der Waals surface area contributed by atoms with Crippen molar-refractivity contribution < 1.29 is 22.4 Å². The van der Waals surface area contributed by atoms with E-state index in [9.17, 15) is 22.4 Å². The minimum absolute atomic E-state index is 0.431. The van der Waals surface area contributed by atoms with Crippen molar-refractivity contribution in [3.8, 4) is 0 Å². The number of rotatable bonds is 2. The molecule has 0 radical (unpaired) electrons. The maximum Gasteiger partial charge on any atom is 0.471 e. The molecule has 6 heteroatoms. The van der Waals surface area contributed by atoms with E-state index < -0.39 is 23.4 Å². The van der Waals surface area contributed by atoms with E-state index in [1.807, 2.05) is 5.32 Å². The van der Waals surface area contributed by atoms with Crippen LogP contribution >= 0.6 is 0 Å². The van der Waals surface area contributed by atoms with Gasteiger partial charge in [0.1, 0.15) is 5.82 Å². The molecule has 1 saturated carbocycles. The second-order valence-corrected chi connectivity index (χ2v) is 4.04. The van der Waals surface area contributed by atoms with Gasteiger partial charge < -0.3 is 5.32 Å². The van der Waals surface area contributed by atoms with Crippen molar-refractivity contribution in [1.82, 2.24) is 5.32 Å². The smallest absolute Gasteiger partial charge is 0.339 e. The molecule has 0 bridgehead atoms. The van der Waals surface area contributed by atoms with Crippen LogP contribution in [-0.4, -0.2) is 12.1 Å². The summed E-state index contributed by atoms with van der Waals surface area (Å²) < 4.78 is 49.0. The summed E-state index contributed by atoms with van der Waals surface area (Å²) in [6.45, 7) is 0. The van der Waals surface area contributed by atoms with Crippen LogP contribution in [0.1, 0.15) is 18.4 Å². The maximum absolute atomic E-state index is 12.7. The molecule has 0 saturated heterocycles. The van der Waals surface area contributed by atoms with Crippen LogP contribution in [0.15, 0.2) is 24.3 Å². The highest BCUT2D eigenvalue weighted by Gasteiger charge is 2.50. The first-order valence-corrected chi connectivity index (χ1v) is 4.99. The first-order valence-electron chi connectivity index (χ1n) is 4.99. The Morgan fingerprint density at radius 2 is 1.71 bits per heavy atom. The number of carbonyl (C=O) groups is 1. The largest absolute Gasteiger partial charge is 0.471 e. The van der Waals surface area contributed by atoms with E-state index >= 15 is 0 Å². The van der Waals surface area contributed by atoms with Crippen LogP contribution in [0.4, 0.5) is 17.6 Å². The Bertz CT molecular complexity index is 434. The van der Waals surface area contributed by atoms with E-state index in [4.69, 9.17) is 0 Å². The van der Waals surface area contributed by atoms with Crippen LogP contribution in [0.5, 0.6) is 0 Å². The average Bonchev–Trinajstić information content (AvgIpc) is 2.98. The fourth-order valence-corrected chi connectivity index (χ4v) is 1.67. The monoisotopic (exact) mass is 247 g/mol. The molecule has 0 aliphatic heterocycles. The van der Waals surface area contributed by atoms with Gasteiger partial charge in [0.15, 0.2) is 0 Å². The summed E-state index contributed by atoms with van der Waals surface area (Å²) in [5.41, 5.74) is -0.475. The number of nitrogens with one attached hydrogen (secondary N) is 1. The van der Waals surface area contributed by atoms with Gasteiger partial charge in [-0.3, -0.25) is 4.79 Å². The first kappa shape index (κ1) is 11.9. The highest BCUT2D eigenvalue weighted by molar-refractivity contribution is 5.83. The van der Waals surface area contributed by atoms with E-state index in [1.165, 1.54) is 12.1 Å². The molecule has 1 N–H and O–H groups in total. The van der Waals surface area contributed by atoms with Gasteiger partial charge in [-0.2, -0.15) is 13.2 Å². The molecule has 0 unspecified atom stereocenters. The fraction of sp³-hybridized carbons (Fsp3) is 0.364. The third-order valence-corrected chi connectivity index (χ3v) is 2.76. The maximum atomic E-state index is 12.7. The molecule has 1 amide bonds. The van der Waals surface area contributed by atoms with E-state index in [0.717, 1.165) is 12.1 Å². The summed E-state index contributed by atoms with van der Waals surface area (Å²) in [5, 5.41) is 1.96. The van der Waals surface area contributed by atoms with Gasteiger partial charge in [-0.15, -0.1) is 0 Å². The highest BCUT2D eigenvalue weighted by Crippen LogP contribution is 2.46. The number of halogens is 4. The zero-order valence-electron chi connectivity index (χ0n) is 8.64. The minimum atomic E-state index is -4.89. The lowest BCUT2D eigenvalue weighted by atomic mass is 10.0. The molecule has 0 spiro atoms. The van der Waals surface area contributed by atoms with Gasteiger partial charge >= 0.3 is 12.1 Å². The lowest BCUT2D eigenvalue weighted by Gasteiger charge is -2.18. The lowest BCUT2D eigenvalue weighted by molar-refractivity contribution is -0.174. The second-order valence-electron chi connectivity index (χ2n) is 4.04. The highest BCUT2D eigenvalue weighted by atomic mass is 19.4. The summed E-state index contributed by atoms with van der Waals surface area (Å²) in [6.07, 6.45) is -4.03. The van der Waals surface area contributed by atoms with Gasteiger partial charge in [-0.1, -0.05) is 12.1 Å². The normalized spacial score (nSPS) is 17.6. The molecule has 0 aromatic heterocycles. The molecule has 92 valence electrons. The van der Waals surface area contributed by atoms with Crippen LogP contribution < -0.4 is 5.32 Å². The van der Waals surface area contributed by atoms with E-state index in [1.54, 1.807) is 0 Å². The fourth-order valence-electron chi connectivity index (χ4n) is 1.67. The predicted molar refractivity (Wildman–Crippen MR) is 51.5 cm³/mol. The van der Waals surface area contributed by atoms with Crippen molar-refractivity contribution in [3.05, 3.63) is 35.6 Å². The molecular formula is C11H9F4NO. The van der Waals surface area contributed by atoms with Crippen molar-refractivity contribution >= 4 is 5.91 Å². The Morgan fingerprint density at radius 1 is 1.18 bits per heavy atom. The SMILES string of the molecule is O=C(NC1(c2ccc(F)cc2)CC1)C(F)(F)F. The van der Waals surface area contributed by atoms with Crippen molar-refractivity contribution in [2.45, 2.75) is 24.6 Å². The Morgan fingerprint density at radius 3 is 2.12 bits per heavy atom. The van der Waals surface area contributed by atoms with E-state index in [2.05, 4.69) is 0 Å². The van der Waals surface area contributed by atoms with E-state index in [0.29, 0.717) is 18.4 Å². The van der Waals surface area contributed by atoms with Gasteiger partial charge in [0.2, 0.25) is 0 Å². The summed E-state index contributed by atoms with van der Waals surface area (Å²) in [4.78, 5) is 10.9. The van der Waals surface area contributed by atoms with Gasteiger partial charge in [-0.25, -0.2) is 4.39 Å². The number of carbonyl (C=O) groups excluding carboxylic acids is 1. The zero-order valence-corrected chi connectivity index (χ0v) is 8.64. The van der Waals surface area contributed by atoms with E-state index in [-0.39, 0.29) is 0 Å².